The lowest BCUT2D eigenvalue weighted by Crippen LogP contribution is -2.33. The van der Waals surface area contributed by atoms with Crippen LogP contribution in [0.25, 0.3) is 0 Å². The van der Waals surface area contributed by atoms with Crippen LogP contribution in [-0.2, 0) is 4.79 Å². The number of piperidine rings is 1. The number of amides is 1. The van der Waals surface area contributed by atoms with Gasteiger partial charge in [-0.2, -0.15) is 5.10 Å². The number of rotatable bonds is 3. The Morgan fingerprint density at radius 2 is 2.04 bits per heavy atom. The second-order valence-electron chi connectivity index (χ2n) is 7.12. The number of methoxy groups -OCH3 is 1. The minimum atomic E-state index is -0.337. The number of hydrogen-bond donors (Lipinski definition) is 1. The number of likely N-dealkylation sites (tertiary alicyclic amines) is 1. The number of nitrogens with one attached hydrogen (secondary N) is 1. The molecule has 1 amide bonds. The van der Waals surface area contributed by atoms with Crippen molar-refractivity contribution in [2.75, 3.05) is 32.6 Å². The number of benzene rings is 1. The summed E-state index contributed by atoms with van der Waals surface area (Å²) in [6.45, 7) is 2.02. The average molecular weight is 358 g/mol. The number of anilines is 1. The molecule has 0 saturated carbocycles. The maximum atomic E-state index is 13.9. The monoisotopic (exact) mass is 358 g/mol. The van der Waals surface area contributed by atoms with Crippen LogP contribution in [0.5, 0.6) is 5.75 Å². The van der Waals surface area contributed by atoms with E-state index >= 15 is 0 Å². The molecule has 0 bridgehead atoms. The van der Waals surface area contributed by atoms with Crippen LogP contribution in [0.2, 0.25) is 0 Å². The number of nitrogens with zero attached hydrogens (tertiary/aromatic N) is 3. The molecule has 1 aromatic carbocycles. The van der Waals surface area contributed by atoms with Gasteiger partial charge in [0.25, 0.3) is 0 Å². The molecule has 2 aromatic rings. The van der Waals surface area contributed by atoms with E-state index in [-0.39, 0.29) is 30.1 Å². The summed E-state index contributed by atoms with van der Waals surface area (Å²) in [7, 11) is 3.67. The van der Waals surface area contributed by atoms with E-state index in [0.717, 1.165) is 37.3 Å². The van der Waals surface area contributed by atoms with Gasteiger partial charge in [-0.1, -0.05) is 0 Å². The van der Waals surface area contributed by atoms with Crippen LogP contribution in [0.4, 0.5) is 10.2 Å². The van der Waals surface area contributed by atoms with E-state index in [1.807, 2.05) is 10.9 Å². The lowest BCUT2D eigenvalue weighted by Gasteiger charge is -2.31. The predicted molar refractivity (Wildman–Crippen MR) is 96.0 cm³/mol. The summed E-state index contributed by atoms with van der Waals surface area (Å²) in [5.41, 5.74) is 1.61. The molecule has 1 N–H and O–H groups in total. The van der Waals surface area contributed by atoms with Crippen molar-refractivity contribution in [1.82, 2.24) is 14.7 Å². The van der Waals surface area contributed by atoms with Crippen LogP contribution >= 0.6 is 0 Å². The Balaban J connectivity index is 1.73. The lowest BCUT2D eigenvalue weighted by molar-refractivity contribution is -0.116. The Labute approximate surface area is 151 Å². The van der Waals surface area contributed by atoms with Gasteiger partial charge in [-0.25, -0.2) is 9.07 Å². The molecule has 1 unspecified atom stereocenters. The van der Waals surface area contributed by atoms with Crippen LogP contribution in [0.1, 0.15) is 42.3 Å². The maximum absolute atomic E-state index is 13.9. The maximum Gasteiger partial charge on any atom is 0.226 e. The van der Waals surface area contributed by atoms with Crippen molar-refractivity contribution < 1.29 is 13.9 Å². The van der Waals surface area contributed by atoms with Crippen molar-refractivity contribution >= 4 is 11.7 Å². The normalized spacial score (nSPS) is 21.3. The number of halogens is 1. The van der Waals surface area contributed by atoms with E-state index < -0.39 is 0 Å². The lowest BCUT2D eigenvalue weighted by atomic mass is 9.86. The number of carbonyl (C=O) groups is 1. The largest absolute Gasteiger partial charge is 0.496 e. The molecule has 1 saturated heterocycles. The molecule has 2 aliphatic rings. The highest BCUT2D eigenvalue weighted by molar-refractivity contribution is 5.94. The molecular weight excluding hydrogens is 335 g/mol. The minimum absolute atomic E-state index is 0.0801. The zero-order valence-electron chi connectivity index (χ0n) is 15.0. The molecule has 4 rings (SSSR count). The van der Waals surface area contributed by atoms with E-state index in [0.29, 0.717) is 11.3 Å². The van der Waals surface area contributed by atoms with Crippen molar-refractivity contribution in [2.45, 2.75) is 31.2 Å². The summed E-state index contributed by atoms with van der Waals surface area (Å²) in [4.78, 5) is 14.7. The zero-order chi connectivity index (χ0) is 18.3. The van der Waals surface area contributed by atoms with Crippen molar-refractivity contribution in [3.8, 4) is 5.75 Å². The van der Waals surface area contributed by atoms with Gasteiger partial charge in [-0.3, -0.25) is 4.79 Å². The summed E-state index contributed by atoms with van der Waals surface area (Å²) in [6.07, 6.45) is 4.05. The smallest absolute Gasteiger partial charge is 0.226 e. The molecule has 1 atom stereocenters. The fourth-order valence-electron chi connectivity index (χ4n) is 4.01. The van der Waals surface area contributed by atoms with Gasteiger partial charge in [0.05, 0.1) is 19.3 Å². The first-order valence-corrected chi connectivity index (χ1v) is 8.96. The van der Waals surface area contributed by atoms with Gasteiger partial charge in [-0.05, 0) is 51.2 Å². The average Bonchev–Trinajstić information content (AvgIpc) is 3.05. The summed E-state index contributed by atoms with van der Waals surface area (Å²) in [5, 5.41) is 7.57. The molecule has 6 nitrogen and oxygen atoms in total. The Morgan fingerprint density at radius 1 is 1.27 bits per heavy atom. The fourth-order valence-corrected chi connectivity index (χ4v) is 4.01. The van der Waals surface area contributed by atoms with Crippen molar-refractivity contribution in [2.24, 2.45) is 0 Å². The highest BCUT2D eigenvalue weighted by Crippen LogP contribution is 2.42. The molecule has 3 heterocycles. The molecule has 0 spiro atoms. The van der Waals surface area contributed by atoms with Gasteiger partial charge in [0, 0.05) is 23.5 Å². The zero-order valence-corrected chi connectivity index (χ0v) is 15.0. The Morgan fingerprint density at radius 3 is 2.77 bits per heavy atom. The summed E-state index contributed by atoms with van der Waals surface area (Å²) < 4.78 is 21.2. The molecular formula is C19H23FN4O2. The van der Waals surface area contributed by atoms with Crippen LogP contribution in [0.15, 0.2) is 24.4 Å². The van der Waals surface area contributed by atoms with Gasteiger partial charge >= 0.3 is 0 Å². The third-order valence-corrected chi connectivity index (χ3v) is 5.45. The number of hydrogen-bond acceptors (Lipinski definition) is 4. The predicted octanol–water partition coefficient (Wildman–Crippen LogP) is 2.77. The molecule has 1 aromatic heterocycles. The van der Waals surface area contributed by atoms with Crippen molar-refractivity contribution in [3.05, 3.63) is 41.3 Å². The summed E-state index contributed by atoms with van der Waals surface area (Å²) >= 11 is 0. The van der Waals surface area contributed by atoms with Gasteiger partial charge < -0.3 is 15.0 Å². The SMILES string of the molecule is COc1ccc(F)cc1C1CC(=O)Nc2c1cnn2C1CCN(C)CC1. The van der Waals surface area contributed by atoms with E-state index in [2.05, 4.69) is 22.4 Å². The Kier molecular flexibility index (Phi) is 4.40. The standard InChI is InChI=1S/C19H23FN4O2/c1-23-7-5-13(6-8-23)24-19-16(11-21-24)14(10-18(25)22-19)15-9-12(20)3-4-17(15)26-2/h3-4,9,11,13-14H,5-8,10H2,1-2H3,(H,22,25). The number of aromatic nitrogens is 2. The Hall–Kier alpha value is -2.41. The number of fused-ring (bicyclic) bond motifs is 1. The van der Waals surface area contributed by atoms with Crippen molar-refractivity contribution in [3.63, 3.8) is 0 Å². The first-order valence-electron chi connectivity index (χ1n) is 8.96. The number of ether oxygens (including phenoxy) is 1. The molecule has 0 aliphatic carbocycles. The summed E-state index contributed by atoms with van der Waals surface area (Å²) in [5.74, 6) is 0.653. The van der Waals surface area contributed by atoms with E-state index in [9.17, 15) is 9.18 Å². The first kappa shape index (κ1) is 17.0. The summed E-state index contributed by atoms with van der Waals surface area (Å²) in [6, 6.07) is 4.70. The number of carbonyl (C=O) groups excluding carboxylic acids is 1. The third-order valence-electron chi connectivity index (χ3n) is 5.45. The van der Waals surface area contributed by atoms with Gasteiger partial charge in [0.1, 0.15) is 17.4 Å². The highest BCUT2D eigenvalue weighted by atomic mass is 19.1. The van der Waals surface area contributed by atoms with Gasteiger partial charge in [0.2, 0.25) is 5.91 Å². The van der Waals surface area contributed by atoms with Crippen LogP contribution in [0, 0.1) is 5.82 Å². The van der Waals surface area contributed by atoms with E-state index in [1.165, 1.54) is 12.1 Å². The second-order valence-corrected chi connectivity index (χ2v) is 7.12. The fraction of sp³-hybridized carbons (Fsp3) is 0.474. The highest BCUT2D eigenvalue weighted by Gasteiger charge is 2.34. The molecule has 7 heteroatoms. The van der Waals surface area contributed by atoms with E-state index in [4.69, 9.17) is 4.74 Å². The Bertz CT molecular complexity index is 827. The van der Waals surface area contributed by atoms with Crippen LogP contribution in [0.3, 0.4) is 0 Å². The quantitative estimate of drug-likeness (QED) is 0.917. The molecule has 138 valence electrons. The second kappa shape index (κ2) is 6.72. The van der Waals surface area contributed by atoms with E-state index in [1.54, 1.807) is 13.2 Å². The topological polar surface area (TPSA) is 59.4 Å². The third kappa shape index (κ3) is 2.96. The molecule has 2 aliphatic heterocycles. The molecule has 26 heavy (non-hydrogen) atoms. The van der Waals surface area contributed by atoms with Crippen LogP contribution < -0.4 is 10.1 Å². The molecule has 1 fully saturated rings. The van der Waals surface area contributed by atoms with Gasteiger partial charge in [-0.15, -0.1) is 0 Å². The van der Waals surface area contributed by atoms with Gasteiger partial charge in [0.15, 0.2) is 0 Å². The van der Waals surface area contributed by atoms with Crippen molar-refractivity contribution in [1.29, 1.82) is 0 Å². The van der Waals surface area contributed by atoms with Crippen LogP contribution in [-0.4, -0.2) is 47.8 Å². The first-order chi connectivity index (χ1) is 12.6. The minimum Gasteiger partial charge on any atom is -0.496 e. The molecule has 0 radical (unpaired) electrons.